The number of methoxy groups -OCH3 is 2. The first kappa shape index (κ1) is 29.6. The zero-order valence-electron chi connectivity index (χ0n) is 21.8. The van der Waals surface area contributed by atoms with Gasteiger partial charge >= 0.3 is 11.9 Å². The van der Waals surface area contributed by atoms with E-state index in [4.69, 9.17) is 24.1 Å². The Labute approximate surface area is 217 Å². The molecule has 0 saturated carbocycles. The Balaban J connectivity index is 0.000000591. The second kappa shape index (κ2) is 15.5. The summed E-state index contributed by atoms with van der Waals surface area (Å²) in [5.74, 6) is -0.935. The number of rotatable bonds is 7. The average Bonchev–Trinajstić information content (AvgIpc) is 2.92. The number of amides is 1. The molecule has 1 aliphatic rings. The molecular weight excluding hydrogens is 480 g/mol. The number of aromatic nitrogens is 1. The quantitative estimate of drug-likeness (QED) is 0.529. The lowest BCUT2D eigenvalue weighted by atomic mass is 9.92. The van der Waals surface area contributed by atoms with Crippen molar-refractivity contribution >= 4 is 17.8 Å². The lowest BCUT2D eigenvalue weighted by Crippen LogP contribution is -2.43. The van der Waals surface area contributed by atoms with E-state index in [-0.39, 0.29) is 23.3 Å². The first-order valence-electron chi connectivity index (χ1n) is 12.2. The van der Waals surface area contributed by atoms with Gasteiger partial charge in [-0.1, -0.05) is 31.0 Å². The van der Waals surface area contributed by atoms with Gasteiger partial charge in [-0.2, -0.15) is 0 Å². The predicted molar refractivity (Wildman–Crippen MR) is 135 cm³/mol. The molecule has 1 fully saturated rings. The number of para-hydroxylation sites is 1. The van der Waals surface area contributed by atoms with E-state index in [1.54, 1.807) is 31.4 Å². The third-order valence-corrected chi connectivity index (χ3v) is 5.71. The Morgan fingerprint density at radius 2 is 1.89 bits per heavy atom. The molecule has 2 heterocycles. The van der Waals surface area contributed by atoms with Gasteiger partial charge in [0.1, 0.15) is 11.8 Å². The normalized spacial score (nSPS) is 19.6. The molecular formula is C27H36N2O8. The van der Waals surface area contributed by atoms with Crippen LogP contribution in [0, 0.1) is 5.92 Å². The van der Waals surface area contributed by atoms with Gasteiger partial charge in [-0.25, -0.2) is 9.78 Å². The van der Waals surface area contributed by atoms with Crippen molar-refractivity contribution in [1.82, 2.24) is 10.3 Å². The lowest BCUT2D eigenvalue weighted by Gasteiger charge is -2.20. The van der Waals surface area contributed by atoms with Gasteiger partial charge in [-0.3, -0.25) is 9.59 Å². The van der Waals surface area contributed by atoms with Crippen LogP contribution in [0.1, 0.15) is 56.4 Å². The zero-order chi connectivity index (χ0) is 27.2. The highest BCUT2D eigenvalue weighted by atomic mass is 16.6. The van der Waals surface area contributed by atoms with Crippen molar-refractivity contribution < 1.29 is 38.4 Å². The maximum atomic E-state index is 12.9. The molecule has 2 N–H and O–H groups in total. The Bertz CT molecular complexity index is 1010. The minimum atomic E-state index is -0.820. The molecule has 1 saturated heterocycles. The predicted octanol–water partition coefficient (Wildman–Crippen LogP) is 3.66. The van der Waals surface area contributed by atoms with Crippen LogP contribution in [0.5, 0.6) is 17.2 Å². The third-order valence-electron chi connectivity index (χ3n) is 5.71. The number of pyridine rings is 1. The van der Waals surface area contributed by atoms with Crippen LogP contribution in [0.15, 0.2) is 42.6 Å². The topological polar surface area (TPSA) is 133 Å². The summed E-state index contributed by atoms with van der Waals surface area (Å²) in [6.07, 6.45) is 4.86. The van der Waals surface area contributed by atoms with E-state index in [1.165, 1.54) is 26.3 Å². The van der Waals surface area contributed by atoms with Crippen LogP contribution in [-0.2, 0) is 19.1 Å². The molecule has 1 aromatic carbocycles. The number of nitrogens with zero attached hydrogens (tertiary/aromatic N) is 1. The number of hydrogen-bond donors (Lipinski definition) is 2. The van der Waals surface area contributed by atoms with Gasteiger partial charge in [-0.05, 0) is 44.2 Å². The number of carbonyl (C=O) groups excluding carboxylic acids is 3. The molecule has 37 heavy (non-hydrogen) atoms. The summed E-state index contributed by atoms with van der Waals surface area (Å²) < 4.78 is 21.0. The van der Waals surface area contributed by atoms with Crippen LogP contribution in [-0.4, -0.2) is 60.9 Å². The fraction of sp³-hybridized carbons (Fsp3) is 0.481. The fourth-order valence-corrected chi connectivity index (χ4v) is 3.97. The zero-order valence-corrected chi connectivity index (χ0v) is 21.8. The number of phenolic OH excluding ortho intramolecular Hbond substituents is 1. The van der Waals surface area contributed by atoms with Crippen LogP contribution in [0.3, 0.4) is 0 Å². The number of nitrogens with one attached hydrogen (secondary N) is 1. The standard InChI is InChI=1S/C21H30N2O7.C6H6O/c1-13-12-15(9-11-27-3)6-5-7-16(21(26)29-13)23-20(25)18-19(30-14(2)24)17(28-4)8-10-22-18;7-6-4-2-1-3-5-6/h8,10,13,15-16H,5-7,9,11-12H2,1-4H3,(H,23,25);1-5,7H/t13?,15?,16-;/m0./s1. The molecule has 0 spiro atoms. The number of phenols is 1. The molecule has 3 rings (SSSR count). The Morgan fingerprint density at radius 3 is 2.49 bits per heavy atom. The molecule has 1 aliphatic heterocycles. The maximum Gasteiger partial charge on any atom is 0.328 e. The highest BCUT2D eigenvalue weighted by molar-refractivity contribution is 5.98. The Morgan fingerprint density at radius 1 is 1.16 bits per heavy atom. The van der Waals surface area contributed by atoms with Crippen LogP contribution < -0.4 is 14.8 Å². The second-order valence-corrected chi connectivity index (χ2v) is 8.71. The van der Waals surface area contributed by atoms with Crippen molar-refractivity contribution in [2.75, 3.05) is 20.8 Å². The van der Waals surface area contributed by atoms with Crippen molar-refractivity contribution in [2.45, 2.75) is 58.1 Å². The summed E-state index contributed by atoms with van der Waals surface area (Å²) >= 11 is 0. The number of benzene rings is 1. The van der Waals surface area contributed by atoms with Crippen molar-refractivity contribution in [3.63, 3.8) is 0 Å². The number of esters is 2. The molecule has 2 aromatic rings. The number of ether oxygens (including phenoxy) is 4. The number of carbonyl (C=O) groups is 3. The van der Waals surface area contributed by atoms with Crippen molar-refractivity contribution in [3.05, 3.63) is 48.3 Å². The van der Waals surface area contributed by atoms with Crippen LogP contribution in [0.4, 0.5) is 0 Å². The van der Waals surface area contributed by atoms with E-state index < -0.39 is 23.9 Å². The first-order valence-corrected chi connectivity index (χ1v) is 12.2. The first-order chi connectivity index (χ1) is 17.7. The molecule has 202 valence electrons. The smallest absolute Gasteiger partial charge is 0.328 e. The van der Waals surface area contributed by atoms with E-state index in [0.717, 1.165) is 25.7 Å². The second-order valence-electron chi connectivity index (χ2n) is 8.71. The molecule has 10 heteroatoms. The summed E-state index contributed by atoms with van der Waals surface area (Å²) in [7, 11) is 3.06. The summed E-state index contributed by atoms with van der Waals surface area (Å²) in [5.41, 5.74) is -0.136. The largest absolute Gasteiger partial charge is 0.508 e. The molecule has 1 amide bonds. The summed E-state index contributed by atoms with van der Waals surface area (Å²) in [4.78, 5) is 40.9. The summed E-state index contributed by atoms with van der Waals surface area (Å²) in [5, 5.41) is 11.3. The van der Waals surface area contributed by atoms with E-state index in [2.05, 4.69) is 10.3 Å². The van der Waals surface area contributed by atoms with E-state index in [0.29, 0.717) is 24.7 Å². The Hall–Kier alpha value is -3.66. The van der Waals surface area contributed by atoms with E-state index in [1.807, 2.05) is 13.0 Å². The molecule has 0 aliphatic carbocycles. The molecule has 0 bridgehead atoms. The van der Waals surface area contributed by atoms with Gasteiger partial charge in [0, 0.05) is 32.9 Å². The van der Waals surface area contributed by atoms with Crippen LogP contribution in [0.25, 0.3) is 0 Å². The van der Waals surface area contributed by atoms with E-state index in [9.17, 15) is 14.4 Å². The van der Waals surface area contributed by atoms with Crippen LogP contribution in [0.2, 0.25) is 0 Å². The fourth-order valence-electron chi connectivity index (χ4n) is 3.97. The van der Waals surface area contributed by atoms with Crippen molar-refractivity contribution in [2.24, 2.45) is 5.92 Å². The molecule has 0 radical (unpaired) electrons. The number of hydrogen-bond acceptors (Lipinski definition) is 9. The average molecular weight is 517 g/mol. The summed E-state index contributed by atoms with van der Waals surface area (Å²) in [6, 6.07) is 9.37. The van der Waals surface area contributed by atoms with Gasteiger partial charge < -0.3 is 29.4 Å². The molecule has 3 atom stereocenters. The molecule has 1 aromatic heterocycles. The van der Waals surface area contributed by atoms with Crippen molar-refractivity contribution in [1.29, 1.82) is 0 Å². The number of cyclic esters (lactones) is 1. The van der Waals surface area contributed by atoms with Gasteiger partial charge in [-0.15, -0.1) is 0 Å². The summed E-state index contributed by atoms with van der Waals surface area (Å²) in [6.45, 7) is 3.72. The Kier molecular flexibility index (Phi) is 12.3. The van der Waals surface area contributed by atoms with Gasteiger partial charge in [0.2, 0.25) is 5.75 Å². The molecule has 2 unspecified atom stereocenters. The minimum absolute atomic E-state index is 0.0885. The monoisotopic (exact) mass is 516 g/mol. The van der Waals surface area contributed by atoms with Crippen molar-refractivity contribution in [3.8, 4) is 17.2 Å². The third kappa shape index (κ3) is 10.1. The highest BCUT2D eigenvalue weighted by Gasteiger charge is 2.30. The SMILES string of the molecule is COCCC1CCC[C@H](NC(=O)c2nccc(OC)c2OC(C)=O)C(=O)OC(C)C1.Oc1ccccc1. The van der Waals surface area contributed by atoms with Gasteiger partial charge in [0.15, 0.2) is 11.4 Å². The van der Waals surface area contributed by atoms with Gasteiger partial charge in [0.05, 0.1) is 13.2 Å². The van der Waals surface area contributed by atoms with Crippen LogP contribution >= 0.6 is 0 Å². The minimum Gasteiger partial charge on any atom is -0.508 e. The number of aromatic hydroxyl groups is 1. The van der Waals surface area contributed by atoms with Gasteiger partial charge in [0.25, 0.3) is 5.91 Å². The maximum absolute atomic E-state index is 12.9. The lowest BCUT2D eigenvalue weighted by molar-refractivity contribution is -0.151. The van der Waals surface area contributed by atoms with E-state index >= 15 is 0 Å². The highest BCUT2D eigenvalue weighted by Crippen LogP contribution is 2.30. The molecule has 10 nitrogen and oxygen atoms in total.